The Labute approximate surface area is 118 Å². The van der Waals surface area contributed by atoms with E-state index in [0.717, 1.165) is 24.9 Å². The van der Waals surface area contributed by atoms with E-state index in [0.29, 0.717) is 0 Å². The highest BCUT2D eigenvalue weighted by Crippen LogP contribution is 2.27. The molecular weight excluding hydrogens is 232 g/mol. The fourth-order valence-corrected chi connectivity index (χ4v) is 3.03. The number of likely N-dealkylation sites (tertiary alicyclic amines) is 1. The van der Waals surface area contributed by atoms with Crippen molar-refractivity contribution in [3.8, 4) is 0 Å². The predicted octanol–water partition coefficient (Wildman–Crippen LogP) is 3.11. The van der Waals surface area contributed by atoms with Gasteiger partial charge in [0, 0.05) is 13.1 Å². The van der Waals surface area contributed by atoms with E-state index < -0.39 is 0 Å². The van der Waals surface area contributed by atoms with E-state index >= 15 is 0 Å². The summed E-state index contributed by atoms with van der Waals surface area (Å²) in [6.07, 6.45) is 2.55. The van der Waals surface area contributed by atoms with E-state index in [1.54, 1.807) is 0 Å². The summed E-state index contributed by atoms with van der Waals surface area (Å²) in [5, 5.41) is 3.53. The molecule has 1 fully saturated rings. The first-order valence-corrected chi connectivity index (χ1v) is 7.77. The maximum Gasteiger partial charge on any atom is 0.00509 e. The van der Waals surface area contributed by atoms with Crippen molar-refractivity contribution >= 4 is 0 Å². The van der Waals surface area contributed by atoms with E-state index in [1.807, 2.05) is 0 Å². The van der Waals surface area contributed by atoms with Crippen LogP contribution in [-0.4, -0.2) is 37.6 Å². The van der Waals surface area contributed by atoms with Crippen molar-refractivity contribution < 1.29 is 0 Å². The van der Waals surface area contributed by atoms with E-state index in [4.69, 9.17) is 0 Å². The molecule has 1 aromatic carbocycles. The summed E-state index contributed by atoms with van der Waals surface area (Å²) in [4.78, 5) is 2.63. The van der Waals surface area contributed by atoms with Gasteiger partial charge in [-0.3, -0.25) is 0 Å². The van der Waals surface area contributed by atoms with Crippen molar-refractivity contribution in [3.05, 3.63) is 35.9 Å². The van der Waals surface area contributed by atoms with E-state index in [1.165, 1.54) is 38.0 Å². The summed E-state index contributed by atoms with van der Waals surface area (Å²) < 4.78 is 0. The van der Waals surface area contributed by atoms with Gasteiger partial charge in [0.25, 0.3) is 0 Å². The minimum Gasteiger partial charge on any atom is -0.316 e. The fraction of sp³-hybridized carbons (Fsp3) is 0.647. The van der Waals surface area contributed by atoms with Gasteiger partial charge in [-0.05, 0) is 49.9 Å². The molecule has 2 unspecified atom stereocenters. The molecule has 0 aromatic heterocycles. The van der Waals surface area contributed by atoms with Crippen LogP contribution in [0.15, 0.2) is 30.3 Å². The number of hydrogen-bond donors (Lipinski definition) is 1. The van der Waals surface area contributed by atoms with Gasteiger partial charge >= 0.3 is 0 Å². The molecule has 2 atom stereocenters. The molecule has 19 heavy (non-hydrogen) atoms. The van der Waals surface area contributed by atoms with Crippen molar-refractivity contribution in [2.24, 2.45) is 5.92 Å². The Morgan fingerprint density at radius 2 is 2.11 bits per heavy atom. The smallest absolute Gasteiger partial charge is 0.00509 e. The lowest BCUT2D eigenvalue weighted by atomic mass is 9.99. The largest absolute Gasteiger partial charge is 0.316 e. The van der Waals surface area contributed by atoms with Gasteiger partial charge in [0.2, 0.25) is 0 Å². The Balaban J connectivity index is 1.73. The fourth-order valence-electron chi connectivity index (χ4n) is 3.03. The molecule has 1 aromatic rings. The van der Waals surface area contributed by atoms with Gasteiger partial charge in [-0.15, -0.1) is 0 Å². The third-order valence-corrected chi connectivity index (χ3v) is 4.03. The minimum absolute atomic E-state index is 0.747. The Morgan fingerprint density at radius 3 is 2.84 bits per heavy atom. The van der Waals surface area contributed by atoms with Gasteiger partial charge in [0.05, 0.1) is 0 Å². The topological polar surface area (TPSA) is 15.3 Å². The quantitative estimate of drug-likeness (QED) is 0.758. The van der Waals surface area contributed by atoms with Crippen molar-refractivity contribution in [2.75, 3.05) is 32.7 Å². The monoisotopic (exact) mass is 260 g/mol. The van der Waals surface area contributed by atoms with Gasteiger partial charge < -0.3 is 10.2 Å². The third kappa shape index (κ3) is 4.63. The van der Waals surface area contributed by atoms with Crippen molar-refractivity contribution in [1.82, 2.24) is 10.2 Å². The molecule has 0 amide bonds. The van der Waals surface area contributed by atoms with Crippen molar-refractivity contribution in [1.29, 1.82) is 0 Å². The van der Waals surface area contributed by atoms with Gasteiger partial charge in [-0.2, -0.15) is 0 Å². The zero-order valence-electron chi connectivity index (χ0n) is 12.4. The first kappa shape index (κ1) is 14.5. The Bertz CT molecular complexity index is 350. The highest BCUT2D eigenvalue weighted by atomic mass is 15.1. The molecule has 1 N–H and O–H groups in total. The highest BCUT2D eigenvalue weighted by Gasteiger charge is 2.24. The van der Waals surface area contributed by atoms with Gasteiger partial charge in [0.15, 0.2) is 0 Å². The molecule has 2 rings (SSSR count). The number of nitrogens with one attached hydrogen (secondary N) is 1. The zero-order chi connectivity index (χ0) is 13.5. The molecule has 1 heterocycles. The average Bonchev–Trinajstić information content (AvgIpc) is 2.88. The summed E-state index contributed by atoms with van der Waals surface area (Å²) in [5.74, 6) is 1.50. The van der Waals surface area contributed by atoms with E-state index in [2.05, 4.69) is 54.4 Å². The van der Waals surface area contributed by atoms with Crippen LogP contribution in [0, 0.1) is 5.92 Å². The molecule has 0 saturated carbocycles. The molecular formula is C17H28N2. The second kappa shape index (κ2) is 7.66. The Morgan fingerprint density at radius 1 is 1.32 bits per heavy atom. The third-order valence-electron chi connectivity index (χ3n) is 4.03. The van der Waals surface area contributed by atoms with Crippen LogP contribution in [0.4, 0.5) is 0 Å². The van der Waals surface area contributed by atoms with Crippen LogP contribution in [0.1, 0.15) is 38.2 Å². The molecule has 0 spiro atoms. The Hall–Kier alpha value is -0.860. The van der Waals surface area contributed by atoms with Crippen LogP contribution in [-0.2, 0) is 0 Å². The summed E-state index contributed by atoms with van der Waals surface area (Å²) in [6.45, 7) is 10.6. The lowest BCUT2D eigenvalue weighted by molar-refractivity contribution is 0.280. The van der Waals surface area contributed by atoms with Gasteiger partial charge in [-0.25, -0.2) is 0 Å². The first-order valence-electron chi connectivity index (χ1n) is 7.77. The summed E-state index contributed by atoms with van der Waals surface area (Å²) >= 11 is 0. The lowest BCUT2D eigenvalue weighted by Crippen LogP contribution is -2.32. The zero-order valence-corrected chi connectivity index (χ0v) is 12.4. The maximum absolute atomic E-state index is 3.53. The van der Waals surface area contributed by atoms with Crippen LogP contribution in [0.5, 0.6) is 0 Å². The molecule has 0 aliphatic carbocycles. The van der Waals surface area contributed by atoms with Crippen molar-refractivity contribution in [3.63, 3.8) is 0 Å². The van der Waals surface area contributed by atoms with Crippen LogP contribution in [0.3, 0.4) is 0 Å². The molecule has 1 aliphatic rings. The SMILES string of the molecule is CCCNCC(C)CN1CCC(c2ccccc2)C1. The number of benzene rings is 1. The van der Waals surface area contributed by atoms with Crippen LogP contribution < -0.4 is 5.32 Å². The molecule has 1 saturated heterocycles. The molecule has 0 bridgehead atoms. The first-order chi connectivity index (χ1) is 9.29. The number of nitrogens with zero attached hydrogens (tertiary/aromatic N) is 1. The molecule has 106 valence electrons. The lowest BCUT2D eigenvalue weighted by Gasteiger charge is -2.21. The normalized spacial score (nSPS) is 21.7. The van der Waals surface area contributed by atoms with Crippen LogP contribution >= 0.6 is 0 Å². The second-order valence-electron chi connectivity index (χ2n) is 5.97. The standard InChI is InChI=1S/C17H28N2/c1-3-10-18-12-15(2)13-19-11-9-17(14-19)16-7-5-4-6-8-16/h4-8,15,17-18H,3,9-14H2,1-2H3. The molecule has 2 heteroatoms. The highest BCUT2D eigenvalue weighted by molar-refractivity contribution is 5.20. The average molecular weight is 260 g/mol. The van der Waals surface area contributed by atoms with E-state index in [-0.39, 0.29) is 0 Å². The Kier molecular flexibility index (Phi) is 5.87. The van der Waals surface area contributed by atoms with Crippen molar-refractivity contribution in [2.45, 2.75) is 32.6 Å². The van der Waals surface area contributed by atoms with Crippen LogP contribution in [0.25, 0.3) is 0 Å². The number of rotatable bonds is 7. The molecule has 1 aliphatic heterocycles. The second-order valence-corrected chi connectivity index (χ2v) is 5.97. The molecule has 2 nitrogen and oxygen atoms in total. The number of hydrogen-bond acceptors (Lipinski definition) is 2. The van der Waals surface area contributed by atoms with E-state index in [9.17, 15) is 0 Å². The van der Waals surface area contributed by atoms with Gasteiger partial charge in [-0.1, -0.05) is 44.2 Å². The minimum atomic E-state index is 0.747. The summed E-state index contributed by atoms with van der Waals surface area (Å²) in [6, 6.07) is 11.0. The predicted molar refractivity (Wildman–Crippen MR) is 82.6 cm³/mol. The molecule has 0 radical (unpaired) electrons. The van der Waals surface area contributed by atoms with Gasteiger partial charge in [0.1, 0.15) is 0 Å². The summed E-state index contributed by atoms with van der Waals surface area (Å²) in [7, 11) is 0. The maximum atomic E-state index is 3.53. The van der Waals surface area contributed by atoms with Crippen LogP contribution in [0.2, 0.25) is 0 Å². The summed E-state index contributed by atoms with van der Waals surface area (Å²) in [5.41, 5.74) is 1.52.